The van der Waals surface area contributed by atoms with Crippen molar-refractivity contribution in [1.82, 2.24) is 5.32 Å². The number of rotatable bonds is 7. The van der Waals surface area contributed by atoms with Crippen LogP contribution in [0.1, 0.15) is 31.6 Å². The molecule has 0 aliphatic carbocycles. The number of nitrogens with one attached hydrogen (secondary N) is 1. The van der Waals surface area contributed by atoms with E-state index in [1.54, 1.807) is 6.26 Å². The first kappa shape index (κ1) is 18.0. The van der Waals surface area contributed by atoms with E-state index in [9.17, 15) is 0 Å². The summed E-state index contributed by atoms with van der Waals surface area (Å²) < 4.78 is 5.34. The maximum absolute atomic E-state index is 6.06. The highest BCUT2D eigenvalue weighted by atomic mass is 35.5. The van der Waals surface area contributed by atoms with Gasteiger partial charge in [-0.2, -0.15) is 0 Å². The third-order valence-corrected chi connectivity index (χ3v) is 4.03. The molecule has 0 saturated carbocycles. The van der Waals surface area contributed by atoms with Gasteiger partial charge in [-0.05, 0) is 68.2 Å². The summed E-state index contributed by atoms with van der Waals surface area (Å²) in [4.78, 5) is 0. The Bertz CT molecular complexity index is 703. The minimum Gasteiger partial charge on any atom is -0.465 e. The van der Waals surface area contributed by atoms with Gasteiger partial charge in [-0.3, -0.25) is 0 Å². The maximum Gasteiger partial charge on any atom is 0.129 e. The molecule has 0 bridgehead atoms. The van der Waals surface area contributed by atoms with Crippen LogP contribution in [-0.2, 0) is 6.42 Å². The summed E-state index contributed by atoms with van der Waals surface area (Å²) in [5, 5.41) is 4.00. The molecule has 2 aromatic rings. The molecule has 2 rings (SSSR count). The predicted octanol–water partition coefficient (Wildman–Crippen LogP) is 4.03. The molecule has 1 heterocycles. The number of halogens is 1. The Kier molecular flexibility index (Phi) is 6.38. The van der Waals surface area contributed by atoms with Crippen LogP contribution < -0.4 is 16.8 Å². The number of hydrogen-bond acceptors (Lipinski definition) is 4. The van der Waals surface area contributed by atoms with Gasteiger partial charge in [-0.1, -0.05) is 23.7 Å². The number of allylic oxidation sites excluding steroid dienone is 2. The molecule has 0 amide bonds. The van der Waals surface area contributed by atoms with E-state index >= 15 is 0 Å². The molecule has 5 N–H and O–H groups in total. The summed E-state index contributed by atoms with van der Waals surface area (Å²) in [6, 6.07) is 11.8. The fraction of sp³-hybridized carbons (Fsp3) is 0.263. The molecule has 1 aromatic carbocycles. The number of furan rings is 1. The van der Waals surface area contributed by atoms with Crippen LogP contribution in [0.2, 0.25) is 5.02 Å². The summed E-state index contributed by atoms with van der Waals surface area (Å²) in [7, 11) is 0. The van der Waals surface area contributed by atoms with E-state index in [-0.39, 0.29) is 6.04 Å². The average Bonchev–Trinajstić information content (AvgIpc) is 3.08. The van der Waals surface area contributed by atoms with Gasteiger partial charge in [0.2, 0.25) is 0 Å². The van der Waals surface area contributed by atoms with Gasteiger partial charge in [-0.15, -0.1) is 0 Å². The molecule has 0 aliphatic rings. The van der Waals surface area contributed by atoms with Crippen LogP contribution in [0.15, 0.2) is 64.7 Å². The Balaban J connectivity index is 1.90. The highest BCUT2D eigenvalue weighted by Gasteiger charge is 2.06. The SMILES string of the molecule is C/C(=C\C(N)=C(/N)NC(C)CCc1ccc(Cl)cc1)c1ccco1. The molecule has 0 aliphatic heterocycles. The van der Waals surface area contributed by atoms with Crippen molar-refractivity contribution in [2.45, 2.75) is 32.7 Å². The molecular formula is C19H24ClN3O. The Hall–Kier alpha value is -2.33. The van der Waals surface area contributed by atoms with Gasteiger partial charge in [-0.25, -0.2) is 0 Å². The summed E-state index contributed by atoms with van der Waals surface area (Å²) in [6.45, 7) is 4.02. The third-order valence-electron chi connectivity index (χ3n) is 3.77. The normalized spacial score (nSPS) is 14.2. The highest BCUT2D eigenvalue weighted by molar-refractivity contribution is 6.30. The monoisotopic (exact) mass is 345 g/mol. The van der Waals surface area contributed by atoms with Crippen molar-refractivity contribution >= 4 is 17.2 Å². The summed E-state index contributed by atoms with van der Waals surface area (Å²) in [5.74, 6) is 1.26. The molecule has 0 spiro atoms. The maximum atomic E-state index is 6.06. The van der Waals surface area contributed by atoms with E-state index in [4.69, 9.17) is 27.5 Å². The van der Waals surface area contributed by atoms with Gasteiger partial charge >= 0.3 is 0 Å². The Labute approximate surface area is 148 Å². The first-order valence-electron chi connectivity index (χ1n) is 7.94. The van der Waals surface area contributed by atoms with Crippen LogP contribution in [0.25, 0.3) is 5.57 Å². The second-order valence-corrected chi connectivity index (χ2v) is 6.32. The molecule has 4 nitrogen and oxygen atoms in total. The molecule has 5 heteroatoms. The fourth-order valence-corrected chi connectivity index (χ4v) is 2.47. The molecule has 0 radical (unpaired) electrons. The van der Waals surface area contributed by atoms with E-state index in [0.29, 0.717) is 11.5 Å². The zero-order chi connectivity index (χ0) is 17.5. The lowest BCUT2D eigenvalue weighted by molar-refractivity contribution is 0.552. The van der Waals surface area contributed by atoms with Crippen molar-refractivity contribution in [1.29, 1.82) is 0 Å². The quantitative estimate of drug-likeness (QED) is 0.662. The largest absolute Gasteiger partial charge is 0.465 e. The number of aryl methyl sites for hydroxylation is 1. The first-order valence-corrected chi connectivity index (χ1v) is 8.32. The zero-order valence-corrected chi connectivity index (χ0v) is 14.8. The zero-order valence-electron chi connectivity index (χ0n) is 14.1. The standard InChI is InChI=1S/C19H24ClN3O/c1-13(18-4-3-11-24-18)12-17(21)19(22)23-14(2)5-6-15-7-9-16(20)10-8-15/h3-4,7-12,14,23H,5-6,21-22H2,1-2H3/b13-12+,19-17-. The minimum absolute atomic E-state index is 0.205. The van der Waals surface area contributed by atoms with E-state index in [1.165, 1.54) is 5.56 Å². The molecule has 0 saturated heterocycles. The second-order valence-electron chi connectivity index (χ2n) is 5.88. The smallest absolute Gasteiger partial charge is 0.129 e. The number of hydrogen-bond donors (Lipinski definition) is 3. The second kappa shape index (κ2) is 8.50. The number of benzene rings is 1. The molecule has 1 aromatic heterocycles. The topological polar surface area (TPSA) is 77.2 Å². The van der Waals surface area contributed by atoms with E-state index in [1.807, 2.05) is 49.4 Å². The molecule has 0 fully saturated rings. The van der Waals surface area contributed by atoms with Gasteiger partial charge in [0.15, 0.2) is 0 Å². The summed E-state index contributed by atoms with van der Waals surface area (Å²) >= 11 is 5.90. The van der Waals surface area contributed by atoms with Gasteiger partial charge in [0, 0.05) is 11.1 Å². The van der Waals surface area contributed by atoms with Crippen LogP contribution in [0.3, 0.4) is 0 Å². The van der Waals surface area contributed by atoms with Crippen LogP contribution in [-0.4, -0.2) is 6.04 Å². The Morgan fingerprint density at radius 3 is 2.58 bits per heavy atom. The molecular weight excluding hydrogens is 322 g/mol. The van der Waals surface area contributed by atoms with E-state index in [0.717, 1.165) is 29.2 Å². The van der Waals surface area contributed by atoms with Gasteiger partial charge < -0.3 is 21.2 Å². The Morgan fingerprint density at radius 2 is 1.96 bits per heavy atom. The van der Waals surface area contributed by atoms with Crippen molar-refractivity contribution in [3.05, 3.63) is 76.6 Å². The molecule has 24 heavy (non-hydrogen) atoms. The predicted molar refractivity (Wildman–Crippen MR) is 100 cm³/mol. The van der Waals surface area contributed by atoms with Crippen LogP contribution in [0.4, 0.5) is 0 Å². The van der Waals surface area contributed by atoms with Crippen molar-refractivity contribution in [3.63, 3.8) is 0 Å². The third kappa shape index (κ3) is 5.39. The van der Waals surface area contributed by atoms with Crippen molar-refractivity contribution < 1.29 is 4.42 Å². The minimum atomic E-state index is 0.205. The summed E-state index contributed by atoms with van der Waals surface area (Å²) in [6.07, 6.45) is 5.33. The average molecular weight is 346 g/mol. The van der Waals surface area contributed by atoms with Crippen LogP contribution in [0, 0.1) is 0 Å². The first-order chi connectivity index (χ1) is 11.5. The van der Waals surface area contributed by atoms with Crippen molar-refractivity contribution in [2.24, 2.45) is 11.5 Å². The molecule has 1 unspecified atom stereocenters. The van der Waals surface area contributed by atoms with Gasteiger partial charge in [0.05, 0.1) is 12.0 Å². The molecule has 1 atom stereocenters. The number of nitrogens with two attached hydrogens (primary N) is 2. The van der Waals surface area contributed by atoms with E-state index < -0.39 is 0 Å². The lowest BCUT2D eigenvalue weighted by Crippen LogP contribution is -2.32. The Morgan fingerprint density at radius 1 is 1.25 bits per heavy atom. The highest BCUT2D eigenvalue weighted by Crippen LogP contribution is 2.15. The van der Waals surface area contributed by atoms with Gasteiger partial charge in [0.25, 0.3) is 0 Å². The van der Waals surface area contributed by atoms with Crippen LogP contribution >= 0.6 is 11.6 Å². The van der Waals surface area contributed by atoms with Gasteiger partial charge in [0.1, 0.15) is 11.6 Å². The lowest BCUT2D eigenvalue weighted by atomic mass is 10.1. The molecule has 128 valence electrons. The van der Waals surface area contributed by atoms with Crippen LogP contribution in [0.5, 0.6) is 0 Å². The van der Waals surface area contributed by atoms with E-state index in [2.05, 4.69) is 12.2 Å². The summed E-state index contributed by atoms with van der Waals surface area (Å²) in [5.41, 5.74) is 14.8. The fourth-order valence-electron chi connectivity index (χ4n) is 2.34. The lowest BCUT2D eigenvalue weighted by Gasteiger charge is -2.16. The van der Waals surface area contributed by atoms with Crippen molar-refractivity contribution in [2.75, 3.05) is 0 Å². The van der Waals surface area contributed by atoms with Crippen molar-refractivity contribution in [3.8, 4) is 0 Å².